The van der Waals surface area contributed by atoms with Crippen LogP contribution in [-0.4, -0.2) is 6.71 Å². The van der Waals surface area contributed by atoms with E-state index in [2.05, 4.69) is 30.2 Å². The third kappa shape index (κ3) is 5.78. The molecular weight excluding hydrogens is 293 g/mol. The Hall–Kier alpha value is -2.21. The number of rotatable bonds is 4. The van der Waals surface area contributed by atoms with Crippen LogP contribution in [0.25, 0.3) is 0 Å². The molecule has 3 rings (SSSR count). The van der Waals surface area contributed by atoms with Gasteiger partial charge in [0.2, 0.25) is 0 Å². The van der Waals surface area contributed by atoms with Crippen LogP contribution in [0.4, 0.5) is 0 Å². The fourth-order valence-electron chi connectivity index (χ4n) is 2.57. The molecule has 0 aromatic heterocycles. The van der Waals surface area contributed by atoms with Crippen molar-refractivity contribution in [2.24, 2.45) is 0 Å². The number of hydrogen-bond acceptors (Lipinski definition) is 2. The van der Waals surface area contributed by atoms with Crippen molar-refractivity contribution < 1.29 is 4.74 Å². The third-order valence-electron chi connectivity index (χ3n) is 3.92. The highest BCUT2D eigenvalue weighted by atomic mass is 16.5. The standard InChI is InChI=1S/C17H16BNO.2C2H6/c19-13-18-10-16(11-18)15-6-8-17(9-7-15)20-12-14-4-2-1-3-5-14;2*1-2/h1-9,16H,10-12H2;2*1-2H3. The normalized spacial score (nSPS) is 12.5. The van der Waals surface area contributed by atoms with Crippen molar-refractivity contribution in [2.75, 3.05) is 0 Å². The summed E-state index contributed by atoms with van der Waals surface area (Å²) >= 11 is 0. The summed E-state index contributed by atoms with van der Waals surface area (Å²) in [6, 6.07) is 18.5. The summed E-state index contributed by atoms with van der Waals surface area (Å²) in [5, 5.41) is 8.80. The maximum Gasteiger partial charge on any atom is 0.269 e. The van der Waals surface area contributed by atoms with Gasteiger partial charge in [-0.25, -0.2) is 5.26 Å². The molecule has 0 N–H and O–H groups in total. The van der Waals surface area contributed by atoms with Gasteiger partial charge in [0.05, 0.1) is 0 Å². The van der Waals surface area contributed by atoms with E-state index in [0.29, 0.717) is 12.5 Å². The lowest BCUT2D eigenvalue weighted by atomic mass is 9.32. The summed E-state index contributed by atoms with van der Waals surface area (Å²) < 4.78 is 5.77. The molecule has 0 amide bonds. The first-order valence-corrected chi connectivity index (χ1v) is 9.01. The molecule has 0 saturated carbocycles. The van der Waals surface area contributed by atoms with E-state index in [1.807, 2.05) is 58.0 Å². The van der Waals surface area contributed by atoms with Crippen molar-refractivity contribution in [1.29, 1.82) is 5.26 Å². The third-order valence-corrected chi connectivity index (χ3v) is 3.92. The van der Waals surface area contributed by atoms with Crippen LogP contribution in [0, 0.1) is 11.2 Å². The highest BCUT2D eigenvalue weighted by Crippen LogP contribution is 2.38. The molecule has 1 heterocycles. The summed E-state index contributed by atoms with van der Waals surface area (Å²) in [7, 11) is 0. The Bertz CT molecular complexity index is 598. The second-order valence-corrected chi connectivity index (χ2v) is 5.34. The van der Waals surface area contributed by atoms with E-state index in [-0.39, 0.29) is 6.71 Å². The highest BCUT2D eigenvalue weighted by molar-refractivity contribution is 6.70. The zero-order chi connectivity index (χ0) is 17.8. The molecule has 0 radical (unpaired) electrons. The van der Waals surface area contributed by atoms with Crippen molar-refractivity contribution in [3.63, 3.8) is 0 Å². The van der Waals surface area contributed by atoms with Gasteiger partial charge >= 0.3 is 0 Å². The average Bonchev–Trinajstić information content (AvgIpc) is 2.64. The number of benzene rings is 2. The first kappa shape index (κ1) is 19.8. The van der Waals surface area contributed by atoms with Gasteiger partial charge in [-0.2, -0.15) is 0 Å². The Kier molecular flexibility index (Phi) is 9.38. The Balaban J connectivity index is 0.000000671. The van der Waals surface area contributed by atoms with Gasteiger partial charge in [0.1, 0.15) is 12.4 Å². The van der Waals surface area contributed by atoms with Gasteiger partial charge in [-0.3, -0.25) is 0 Å². The molecule has 24 heavy (non-hydrogen) atoms. The Morgan fingerprint density at radius 2 is 1.54 bits per heavy atom. The number of hydrogen-bond donors (Lipinski definition) is 0. The lowest BCUT2D eigenvalue weighted by Crippen LogP contribution is -2.28. The molecule has 0 atom stereocenters. The number of nitrogens with zero attached hydrogens (tertiary/aromatic N) is 1. The summed E-state index contributed by atoms with van der Waals surface area (Å²) in [6.45, 7) is 8.86. The maximum absolute atomic E-state index is 8.80. The zero-order valence-electron chi connectivity index (χ0n) is 15.3. The number of ether oxygens (including phenoxy) is 1. The molecule has 0 bridgehead atoms. The molecule has 2 nitrogen and oxygen atoms in total. The van der Waals surface area contributed by atoms with Crippen molar-refractivity contribution in [2.45, 2.75) is 52.9 Å². The fraction of sp³-hybridized carbons (Fsp3) is 0.381. The molecule has 1 saturated heterocycles. The van der Waals surface area contributed by atoms with Gasteiger partial charge in [0.15, 0.2) is 0 Å². The van der Waals surface area contributed by atoms with E-state index in [9.17, 15) is 0 Å². The predicted octanol–water partition coefficient (Wildman–Crippen LogP) is 5.97. The van der Waals surface area contributed by atoms with E-state index < -0.39 is 0 Å². The van der Waals surface area contributed by atoms with Crippen LogP contribution in [0.15, 0.2) is 54.6 Å². The first-order chi connectivity index (χ1) is 11.8. The smallest absolute Gasteiger partial charge is 0.269 e. The molecule has 3 heteroatoms. The molecule has 0 unspecified atom stereocenters. The van der Waals surface area contributed by atoms with Crippen LogP contribution in [0.1, 0.15) is 44.7 Å². The quantitative estimate of drug-likeness (QED) is 0.650. The largest absolute Gasteiger partial charge is 0.489 e. The Morgan fingerprint density at radius 1 is 0.958 bits per heavy atom. The van der Waals surface area contributed by atoms with E-state index >= 15 is 0 Å². The summed E-state index contributed by atoms with van der Waals surface area (Å²) in [4.78, 5) is 0. The van der Waals surface area contributed by atoms with Crippen molar-refractivity contribution in [3.8, 4) is 11.7 Å². The molecule has 2 aromatic carbocycles. The van der Waals surface area contributed by atoms with Crippen LogP contribution in [0.2, 0.25) is 12.6 Å². The minimum Gasteiger partial charge on any atom is -0.489 e. The predicted molar refractivity (Wildman–Crippen MR) is 104 cm³/mol. The molecule has 0 spiro atoms. The van der Waals surface area contributed by atoms with Crippen LogP contribution in [0.3, 0.4) is 0 Å². The van der Waals surface area contributed by atoms with Gasteiger partial charge in [-0.15, -0.1) is 0 Å². The first-order valence-electron chi connectivity index (χ1n) is 9.01. The molecule has 1 fully saturated rings. The van der Waals surface area contributed by atoms with Crippen LogP contribution < -0.4 is 4.74 Å². The van der Waals surface area contributed by atoms with Gasteiger partial charge in [0.25, 0.3) is 6.71 Å². The van der Waals surface area contributed by atoms with Gasteiger partial charge in [0, 0.05) is 5.97 Å². The summed E-state index contributed by atoms with van der Waals surface area (Å²) in [6.07, 6.45) is 2.00. The lowest BCUT2D eigenvalue weighted by molar-refractivity contribution is 0.306. The monoisotopic (exact) mass is 321 g/mol. The van der Waals surface area contributed by atoms with Crippen LogP contribution in [0.5, 0.6) is 5.75 Å². The summed E-state index contributed by atoms with van der Waals surface area (Å²) in [5.41, 5.74) is 2.50. The van der Waals surface area contributed by atoms with E-state index in [4.69, 9.17) is 10.00 Å². The summed E-state index contributed by atoms with van der Waals surface area (Å²) in [5.74, 6) is 3.78. The fourth-order valence-corrected chi connectivity index (χ4v) is 2.57. The molecule has 1 aliphatic heterocycles. The van der Waals surface area contributed by atoms with Crippen LogP contribution in [-0.2, 0) is 6.61 Å². The van der Waals surface area contributed by atoms with Gasteiger partial charge < -0.3 is 4.74 Å². The second-order valence-electron chi connectivity index (χ2n) is 5.34. The second kappa shape index (κ2) is 11.3. The topological polar surface area (TPSA) is 33.0 Å². The molecule has 126 valence electrons. The maximum atomic E-state index is 8.80. The Morgan fingerprint density at radius 3 is 2.08 bits per heavy atom. The molecule has 0 aliphatic carbocycles. The minimum absolute atomic E-state index is 0.258. The van der Waals surface area contributed by atoms with Gasteiger partial charge in [-0.05, 0) is 29.2 Å². The van der Waals surface area contributed by atoms with Crippen molar-refractivity contribution >= 4 is 6.71 Å². The van der Waals surface area contributed by atoms with Crippen LogP contribution >= 0.6 is 0 Å². The SMILES string of the molecule is CC.CC.N#CB1CC(c2ccc(OCc3ccccc3)cc2)C1. The molecule has 1 aliphatic rings. The minimum atomic E-state index is 0.258. The van der Waals surface area contributed by atoms with Gasteiger partial charge in [-0.1, -0.05) is 82.8 Å². The highest BCUT2D eigenvalue weighted by Gasteiger charge is 2.33. The lowest BCUT2D eigenvalue weighted by Gasteiger charge is -2.28. The average molecular weight is 321 g/mol. The molecular formula is C21H28BNO. The number of nitriles is 1. The van der Waals surface area contributed by atoms with E-state index in [1.54, 1.807) is 0 Å². The zero-order valence-corrected chi connectivity index (χ0v) is 15.3. The van der Waals surface area contributed by atoms with E-state index in [1.165, 1.54) is 11.1 Å². The molecule has 2 aromatic rings. The Labute approximate surface area is 147 Å². The van der Waals surface area contributed by atoms with Crippen molar-refractivity contribution in [3.05, 3.63) is 65.7 Å². The van der Waals surface area contributed by atoms with E-state index in [0.717, 1.165) is 18.4 Å². The van der Waals surface area contributed by atoms with Crippen molar-refractivity contribution in [1.82, 2.24) is 0 Å².